The van der Waals surface area contributed by atoms with Crippen molar-refractivity contribution in [3.05, 3.63) is 73.5 Å². The van der Waals surface area contributed by atoms with Gasteiger partial charge in [0.1, 0.15) is 23.0 Å². The Bertz CT molecular complexity index is 1400. The summed E-state index contributed by atoms with van der Waals surface area (Å²) in [4.78, 5) is 12.9. The van der Waals surface area contributed by atoms with Crippen LogP contribution in [0.4, 0.5) is 0 Å². The molecule has 0 aromatic heterocycles. The molecule has 0 amide bonds. The van der Waals surface area contributed by atoms with E-state index in [1.54, 1.807) is 14.2 Å². The molecule has 0 heterocycles. The molecule has 34 heavy (non-hydrogen) atoms. The Hall–Kier alpha value is -3.99. The molecule has 174 valence electrons. The average Bonchev–Trinajstić information content (AvgIpc) is 2.83. The second-order valence-electron chi connectivity index (χ2n) is 8.98. The summed E-state index contributed by atoms with van der Waals surface area (Å²) in [6.45, 7) is 9.23. The lowest BCUT2D eigenvalue weighted by atomic mass is 9.91. The molecule has 0 unspecified atom stereocenters. The number of carbonyl (C=O) groups excluding carboxylic acids is 1. The maximum absolute atomic E-state index is 12.9. The summed E-state index contributed by atoms with van der Waals surface area (Å²) in [5, 5.41) is 3.71. The van der Waals surface area contributed by atoms with Crippen LogP contribution < -0.4 is 18.9 Å². The van der Waals surface area contributed by atoms with Crippen molar-refractivity contribution in [2.75, 3.05) is 14.2 Å². The van der Waals surface area contributed by atoms with E-state index in [9.17, 15) is 4.79 Å². The monoisotopic (exact) mass is 456 g/mol. The lowest BCUT2D eigenvalue weighted by molar-refractivity contribution is -0.142. The van der Waals surface area contributed by atoms with Gasteiger partial charge in [0.2, 0.25) is 0 Å². The fourth-order valence-corrected chi connectivity index (χ4v) is 3.85. The number of hydrogen-bond acceptors (Lipinski definition) is 5. The van der Waals surface area contributed by atoms with Crippen LogP contribution in [0.25, 0.3) is 32.7 Å². The molecule has 0 fully saturated rings. The topological polar surface area (TPSA) is 54.0 Å². The molecule has 0 saturated heterocycles. The molecular formula is C29H28O5. The molecule has 5 heteroatoms. The standard InChI is InChI=1S/C29H28O5/c1-7-33-24-14-10-18-8-12-20(31-5)16-22(18)26(24)27-23-17-21(32-6)13-9-19(23)11-15-25(27)34-28(30)29(2,3)4/h7-17H,1H2,2-6H3. The molecule has 5 nitrogen and oxygen atoms in total. The van der Waals surface area contributed by atoms with E-state index in [0.717, 1.165) is 32.7 Å². The number of ether oxygens (including phenoxy) is 4. The number of methoxy groups -OCH3 is 2. The lowest BCUT2D eigenvalue weighted by Crippen LogP contribution is -2.25. The Morgan fingerprint density at radius 1 is 0.765 bits per heavy atom. The van der Waals surface area contributed by atoms with E-state index in [2.05, 4.69) is 6.58 Å². The highest BCUT2D eigenvalue weighted by molar-refractivity contribution is 6.10. The smallest absolute Gasteiger partial charge is 0.316 e. The summed E-state index contributed by atoms with van der Waals surface area (Å²) in [5.74, 6) is 2.08. The summed E-state index contributed by atoms with van der Waals surface area (Å²) in [7, 11) is 3.25. The van der Waals surface area contributed by atoms with Crippen LogP contribution in [0.15, 0.2) is 73.5 Å². The molecule has 4 rings (SSSR count). The van der Waals surface area contributed by atoms with Gasteiger partial charge in [0.25, 0.3) is 0 Å². The van der Waals surface area contributed by atoms with Gasteiger partial charge in [0, 0.05) is 11.1 Å². The number of carbonyl (C=O) groups is 1. The van der Waals surface area contributed by atoms with Crippen LogP contribution in [0.1, 0.15) is 20.8 Å². The van der Waals surface area contributed by atoms with Crippen LogP contribution >= 0.6 is 0 Å². The quantitative estimate of drug-likeness (QED) is 0.175. The van der Waals surface area contributed by atoms with E-state index in [0.29, 0.717) is 23.0 Å². The van der Waals surface area contributed by atoms with Gasteiger partial charge in [-0.15, -0.1) is 0 Å². The first kappa shape index (κ1) is 23.2. The Labute approximate surface area is 199 Å². The van der Waals surface area contributed by atoms with Gasteiger partial charge in [-0.2, -0.15) is 0 Å². The van der Waals surface area contributed by atoms with Gasteiger partial charge in [0.15, 0.2) is 0 Å². The molecule has 0 saturated carbocycles. The minimum absolute atomic E-state index is 0.333. The van der Waals surface area contributed by atoms with E-state index in [4.69, 9.17) is 18.9 Å². The number of fused-ring (bicyclic) bond motifs is 2. The second-order valence-corrected chi connectivity index (χ2v) is 8.98. The third kappa shape index (κ3) is 4.29. The van der Waals surface area contributed by atoms with E-state index in [-0.39, 0.29) is 5.97 Å². The van der Waals surface area contributed by atoms with Crippen molar-refractivity contribution in [3.63, 3.8) is 0 Å². The summed E-state index contributed by atoms with van der Waals surface area (Å²) >= 11 is 0. The van der Waals surface area contributed by atoms with Crippen molar-refractivity contribution < 1.29 is 23.7 Å². The number of hydrogen-bond donors (Lipinski definition) is 0. The number of rotatable bonds is 6. The molecule has 0 aliphatic heterocycles. The molecule has 0 radical (unpaired) electrons. The molecule has 0 aliphatic rings. The first-order chi connectivity index (χ1) is 16.3. The minimum Gasteiger partial charge on any atom is -0.497 e. The molecule has 0 aliphatic carbocycles. The van der Waals surface area contributed by atoms with Crippen molar-refractivity contribution in [1.29, 1.82) is 0 Å². The van der Waals surface area contributed by atoms with Crippen molar-refractivity contribution in [2.45, 2.75) is 20.8 Å². The third-order valence-corrected chi connectivity index (χ3v) is 5.66. The predicted octanol–water partition coefficient (Wildman–Crippen LogP) is 7.15. The normalized spacial score (nSPS) is 11.3. The summed E-state index contributed by atoms with van der Waals surface area (Å²) in [5.41, 5.74) is 0.819. The van der Waals surface area contributed by atoms with Gasteiger partial charge in [-0.05, 0) is 78.7 Å². The minimum atomic E-state index is -0.678. The van der Waals surface area contributed by atoms with Gasteiger partial charge < -0.3 is 18.9 Å². The van der Waals surface area contributed by atoms with Crippen molar-refractivity contribution in [1.82, 2.24) is 0 Å². The Morgan fingerprint density at radius 3 is 1.71 bits per heavy atom. The zero-order valence-electron chi connectivity index (χ0n) is 20.1. The molecule has 4 aromatic rings. The predicted molar refractivity (Wildman–Crippen MR) is 136 cm³/mol. The van der Waals surface area contributed by atoms with Gasteiger partial charge >= 0.3 is 5.97 Å². The largest absolute Gasteiger partial charge is 0.497 e. The van der Waals surface area contributed by atoms with Gasteiger partial charge in [-0.1, -0.05) is 30.8 Å². The van der Waals surface area contributed by atoms with Crippen molar-refractivity contribution in [3.8, 4) is 34.1 Å². The molecule has 0 spiro atoms. The zero-order chi connectivity index (χ0) is 24.5. The van der Waals surface area contributed by atoms with E-state index < -0.39 is 5.41 Å². The molecule has 0 atom stereocenters. The van der Waals surface area contributed by atoms with E-state index in [1.165, 1.54) is 6.26 Å². The maximum Gasteiger partial charge on any atom is 0.316 e. The summed E-state index contributed by atoms with van der Waals surface area (Å²) in [6, 6.07) is 19.3. The molecule has 4 aromatic carbocycles. The third-order valence-electron chi connectivity index (χ3n) is 5.66. The highest BCUT2D eigenvalue weighted by Crippen LogP contribution is 2.47. The van der Waals surface area contributed by atoms with E-state index in [1.807, 2.05) is 81.4 Å². The average molecular weight is 457 g/mol. The van der Waals surface area contributed by atoms with E-state index >= 15 is 0 Å². The van der Waals surface area contributed by atoms with Crippen LogP contribution in [0.5, 0.6) is 23.0 Å². The molecular weight excluding hydrogens is 428 g/mol. The van der Waals surface area contributed by atoms with Crippen LogP contribution in [0.3, 0.4) is 0 Å². The van der Waals surface area contributed by atoms with Gasteiger partial charge in [0.05, 0.1) is 25.9 Å². The van der Waals surface area contributed by atoms with Crippen LogP contribution in [-0.2, 0) is 4.79 Å². The fourth-order valence-electron chi connectivity index (χ4n) is 3.85. The maximum atomic E-state index is 12.9. The second kappa shape index (κ2) is 9.10. The Kier molecular flexibility index (Phi) is 6.20. The van der Waals surface area contributed by atoms with Crippen molar-refractivity contribution in [2.24, 2.45) is 5.41 Å². The zero-order valence-corrected chi connectivity index (χ0v) is 20.1. The molecule has 0 bridgehead atoms. The number of benzene rings is 4. The van der Waals surface area contributed by atoms with Crippen LogP contribution in [0, 0.1) is 5.41 Å². The molecule has 0 N–H and O–H groups in total. The number of esters is 1. The first-order valence-corrected chi connectivity index (χ1v) is 11.0. The highest BCUT2D eigenvalue weighted by Gasteiger charge is 2.27. The summed E-state index contributed by atoms with van der Waals surface area (Å²) < 4.78 is 22.9. The highest BCUT2D eigenvalue weighted by atomic mass is 16.5. The van der Waals surface area contributed by atoms with Crippen LogP contribution in [-0.4, -0.2) is 20.2 Å². The first-order valence-electron chi connectivity index (χ1n) is 11.0. The summed E-state index contributed by atoms with van der Waals surface area (Å²) in [6.07, 6.45) is 1.39. The Morgan fingerprint density at radius 2 is 1.24 bits per heavy atom. The van der Waals surface area contributed by atoms with Gasteiger partial charge in [-0.3, -0.25) is 4.79 Å². The van der Waals surface area contributed by atoms with Crippen molar-refractivity contribution >= 4 is 27.5 Å². The lowest BCUT2D eigenvalue weighted by Gasteiger charge is -2.21. The SMILES string of the molecule is C=COc1ccc2ccc(OC)cc2c1-c1c(OC(=O)C(C)(C)C)ccc2ccc(OC)cc12. The van der Waals surface area contributed by atoms with Crippen LogP contribution in [0.2, 0.25) is 0 Å². The fraction of sp³-hybridized carbons (Fsp3) is 0.207. The Balaban J connectivity index is 2.15. The van der Waals surface area contributed by atoms with Gasteiger partial charge in [-0.25, -0.2) is 0 Å².